The van der Waals surface area contributed by atoms with E-state index in [0.29, 0.717) is 28.5 Å². The van der Waals surface area contributed by atoms with Gasteiger partial charge in [0.2, 0.25) is 0 Å². The van der Waals surface area contributed by atoms with Crippen LogP contribution < -0.4 is 10.2 Å². The molecule has 1 saturated heterocycles. The third-order valence-electron chi connectivity index (χ3n) is 6.06. The Morgan fingerprint density at radius 1 is 1.37 bits per heavy atom. The molecule has 0 spiro atoms. The number of carbonyl (C=O) groups is 2. The zero-order valence-corrected chi connectivity index (χ0v) is 20.5. The third-order valence-corrected chi connectivity index (χ3v) is 7.29. The summed E-state index contributed by atoms with van der Waals surface area (Å²) in [4.78, 5) is 26.2. The molecule has 2 unspecified atom stereocenters. The average molecular weight is 517 g/mol. The number of anilines is 1. The minimum Gasteiger partial charge on any atom is -0.442 e. The van der Waals surface area contributed by atoms with Crippen LogP contribution >= 0.6 is 22.9 Å². The van der Waals surface area contributed by atoms with Gasteiger partial charge < -0.3 is 15.2 Å². The maximum absolute atomic E-state index is 14.9. The summed E-state index contributed by atoms with van der Waals surface area (Å²) in [6.07, 6.45) is 7.61. The Kier molecular flexibility index (Phi) is 8.05. The van der Waals surface area contributed by atoms with E-state index in [1.807, 2.05) is 18.2 Å². The van der Waals surface area contributed by atoms with Gasteiger partial charge in [-0.2, -0.15) is 0 Å². The number of aliphatic hydroxyl groups is 1. The van der Waals surface area contributed by atoms with Gasteiger partial charge in [0.1, 0.15) is 11.9 Å². The molecule has 0 saturated carbocycles. The smallest absolute Gasteiger partial charge is 0.414 e. The number of ether oxygens (including phenoxy) is 1. The molecule has 4 rings (SSSR count). The highest BCUT2D eigenvalue weighted by molar-refractivity contribution is 7.18. The van der Waals surface area contributed by atoms with Crippen molar-refractivity contribution in [3.8, 4) is 0 Å². The highest BCUT2D eigenvalue weighted by Crippen LogP contribution is 2.29. The summed E-state index contributed by atoms with van der Waals surface area (Å²) in [5.74, 6) is -0.881. The molecule has 2 aliphatic rings. The Morgan fingerprint density at radius 2 is 2.20 bits per heavy atom. The van der Waals surface area contributed by atoms with Crippen molar-refractivity contribution in [2.75, 3.05) is 18.0 Å². The average Bonchev–Trinajstić information content (AvgIpc) is 3.43. The standard InChI is InChI=1S/C26H26ClFN2O4S/c1-2-4-17-5-3-6-18(24(17)31)9-7-16-8-10-21(20(28)13-16)30-15-19(34-26(30)33)14-29-25(32)22-11-12-23(27)35-22/h2-3,5-6,8,10-13,18-19,24,31H,1,4,7,9,14-15H2,(H,29,32)/t18?,19-,24?/m0/s1. The lowest BCUT2D eigenvalue weighted by atomic mass is 9.85. The first-order valence-electron chi connectivity index (χ1n) is 11.3. The minimum atomic E-state index is -0.660. The van der Waals surface area contributed by atoms with Gasteiger partial charge in [0.05, 0.1) is 34.1 Å². The number of aliphatic hydroxyl groups excluding tert-OH is 1. The fraction of sp³-hybridized carbons (Fsp3) is 0.308. The molecule has 9 heteroatoms. The van der Waals surface area contributed by atoms with Crippen molar-refractivity contribution in [1.82, 2.24) is 5.32 Å². The second kappa shape index (κ2) is 11.2. The van der Waals surface area contributed by atoms with Crippen LogP contribution in [-0.4, -0.2) is 42.4 Å². The predicted octanol–water partition coefficient (Wildman–Crippen LogP) is 5.28. The van der Waals surface area contributed by atoms with E-state index in [1.54, 1.807) is 30.3 Å². The Balaban J connectivity index is 1.32. The van der Waals surface area contributed by atoms with Gasteiger partial charge in [0.25, 0.3) is 5.91 Å². The number of allylic oxidation sites excluding steroid dienone is 3. The lowest BCUT2D eigenvalue weighted by molar-refractivity contribution is 0.0920. The number of benzene rings is 1. The summed E-state index contributed by atoms with van der Waals surface area (Å²) in [6, 6.07) is 8.01. The number of thiophene rings is 1. The molecule has 1 aliphatic carbocycles. The molecule has 0 radical (unpaired) electrons. The SMILES string of the molecule is C=CCC1=CC=CC(CCc2ccc(N3C[C@H](CNC(=O)c4ccc(Cl)s4)OC3=O)c(F)c2)C1O. The van der Waals surface area contributed by atoms with Crippen LogP contribution in [-0.2, 0) is 11.2 Å². The van der Waals surface area contributed by atoms with Crippen molar-refractivity contribution in [2.45, 2.75) is 31.5 Å². The summed E-state index contributed by atoms with van der Waals surface area (Å²) < 4.78 is 20.7. The van der Waals surface area contributed by atoms with Crippen LogP contribution in [0.5, 0.6) is 0 Å². The first kappa shape index (κ1) is 25.2. The van der Waals surface area contributed by atoms with Crippen LogP contribution in [0, 0.1) is 11.7 Å². The first-order chi connectivity index (χ1) is 16.9. The lowest BCUT2D eigenvalue weighted by Crippen LogP contribution is -2.34. The summed E-state index contributed by atoms with van der Waals surface area (Å²) in [5.41, 5.74) is 1.83. The van der Waals surface area contributed by atoms with Crippen LogP contribution in [0.1, 0.15) is 28.1 Å². The summed E-state index contributed by atoms with van der Waals surface area (Å²) >= 11 is 7.01. The minimum absolute atomic E-state index is 0.0487. The maximum atomic E-state index is 14.9. The fourth-order valence-electron chi connectivity index (χ4n) is 4.22. The van der Waals surface area contributed by atoms with Gasteiger partial charge in [-0.15, -0.1) is 17.9 Å². The Bertz CT molecular complexity index is 1180. The van der Waals surface area contributed by atoms with Gasteiger partial charge in [-0.3, -0.25) is 9.69 Å². The van der Waals surface area contributed by atoms with Crippen LogP contribution in [0.15, 0.2) is 66.8 Å². The van der Waals surface area contributed by atoms with Gasteiger partial charge in [-0.05, 0) is 54.7 Å². The zero-order valence-electron chi connectivity index (χ0n) is 19.0. The van der Waals surface area contributed by atoms with Gasteiger partial charge in [-0.1, -0.05) is 42.0 Å². The van der Waals surface area contributed by atoms with E-state index in [2.05, 4.69) is 11.9 Å². The van der Waals surface area contributed by atoms with Crippen molar-refractivity contribution in [2.24, 2.45) is 5.92 Å². The third kappa shape index (κ3) is 6.01. The van der Waals surface area contributed by atoms with E-state index in [-0.39, 0.29) is 30.6 Å². The molecule has 2 amide bonds. The summed E-state index contributed by atoms with van der Waals surface area (Å²) in [6.45, 7) is 3.95. The van der Waals surface area contributed by atoms with E-state index in [0.717, 1.165) is 22.5 Å². The molecule has 6 nitrogen and oxygen atoms in total. The number of aryl methyl sites for hydroxylation is 1. The summed E-state index contributed by atoms with van der Waals surface area (Å²) in [7, 11) is 0. The van der Waals surface area contributed by atoms with E-state index >= 15 is 0 Å². The van der Waals surface area contributed by atoms with Crippen molar-refractivity contribution < 1.29 is 23.8 Å². The highest BCUT2D eigenvalue weighted by Gasteiger charge is 2.34. The van der Waals surface area contributed by atoms with Crippen LogP contribution in [0.25, 0.3) is 0 Å². The number of hydrogen-bond acceptors (Lipinski definition) is 5. The monoisotopic (exact) mass is 516 g/mol. The number of nitrogens with zero attached hydrogens (tertiary/aromatic N) is 1. The molecule has 2 aromatic rings. The number of amides is 2. The van der Waals surface area contributed by atoms with Gasteiger partial charge >= 0.3 is 6.09 Å². The molecule has 1 aliphatic heterocycles. The molecule has 1 fully saturated rings. The van der Waals surface area contributed by atoms with E-state index in [9.17, 15) is 19.1 Å². The largest absolute Gasteiger partial charge is 0.442 e. The number of rotatable bonds is 9. The van der Waals surface area contributed by atoms with E-state index in [1.165, 1.54) is 11.0 Å². The summed E-state index contributed by atoms with van der Waals surface area (Å²) in [5, 5.41) is 13.3. The van der Waals surface area contributed by atoms with Crippen molar-refractivity contribution in [1.29, 1.82) is 0 Å². The molecule has 35 heavy (non-hydrogen) atoms. The van der Waals surface area contributed by atoms with Gasteiger partial charge in [0, 0.05) is 5.92 Å². The normalized spacial score (nSPS) is 21.6. The Hall–Kier alpha value is -2.94. The second-order valence-corrected chi connectivity index (χ2v) is 10.2. The molecule has 2 heterocycles. The fourth-order valence-corrected chi connectivity index (χ4v) is 5.18. The van der Waals surface area contributed by atoms with Crippen molar-refractivity contribution >= 4 is 40.6 Å². The highest BCUT2D eigenvalue weighted by atomic mass is 35.5. The first-order valence-corrected chi connectivity index (χ1v) is 12.5. The molecule has 3 atom stereocenters. The number of carbonyl (C=O) groups excluding carboxylic acids is 2. The van der Waals surface area contributed by atoms with Crippen LogP contribution in [0.2, 0.25) is 4.34 Å². The van der Waals surface area contributed by atoms with Gasteiger partial charge in [0.15, 0.2) is 0 Å². The zero-order chi connectivity index (χ0) is 24.9. The molecule has 1 aromatic carbocycles. The topological polar surface area (TPSA) is 78.9 Å². The number of hydrogen-bond donors (Lipinski definition) is 2. The molecule has 0 bridgehead atoms. The van der Waals surface area contributed by atoms with Crippen molar-refractivity contribution in [3.05, 3.63) is 87.4 Å². The molecule has 184 valence electrons. The molecular weight excluding hydrogens is 491 g/mol. The van der Waals surface area contributed by atoms with E-state index in [4.69, 9.17) is 16.3 Å². The van der Waals surface area contributed by atoms with Crippen LogP contribution in [0.3, 0.4) is 0 Å². The number of cyclic esters (lactones) is 1. The Morgan fingerprint density at radius 3 is 2.91 bits per heavy atom. The lowest BCUT2D eigenvalue weighted by Gasteiger charge is -2.25. The van der Waals surface area contributed by atoms with Gasteiger partial charge in [-0.25, -0.2) is 9.18 Å². The van der Waals surface area contributed by atoms with Crippen molar-refractivity contribution in [3.63, 3.8) is 0 Å². The molecule has 2 N–H and O–H groups in total. The molecular formula is C26H26ClFN2O4S. The maximum Gasteiger partial charge on any atom is 0.414 e. The Labute approximate surface area is 212 Å². The predicted molar refractivity (Wildman–Crippen MR) is 136 cm³/mol. The number of nitrogens with one attached hydrogen (secondary N) is 1. The number of halogens is 2. The molecule has 1 aromatic heterocycles. The second-order valence-electron chi connectivity index (χ2n) is 8.48. The quantitative estimate of drug-likeness (QED) is 0.445. The van der Waals surface area contributed by atoms with Crippen LogP contribution in [0.4, 0.5) is 14.9 Å². The van der Waals surface area contributed by atoms with E-state index < -0.39 is 24.1 Å².